The maximum atomic E-state index is 13.1. The number of aromatic nitrogens is 2. The van der Waals surface area contributed by atoms with Gasteiger partial charge in [-0.05, 0) is 43.0 Å². The zero-order valence-electron chi connectivity index (χ0n) is 14.6. The van der Waals surface area contributed by atoms with Crippen molar-refractivity contribution in [3.05, 3.63) is 42.2 Å². The average Bonchev–Trinajstić information content (AvgIpc) is 2.53. The molecule has 0 aliphatic carbocycles. The molecule has 7 heteroatoms. The zero-order valence-corrected chi connectivity index (χ0v) is 14.6. The monoisotopic (exact) mass is 354 g/mol. The Kier molecular flexibility index (Phi) is 5.09. The predicted molar refractivity (Wildman–Crippen MR) is 88.3 cm³/mol. The maximum Gasteiger partial charge on any atom is 0.416 e. The minimum atomic E-state index is -4.72. The molecule has 0 aliphatic heterocycles. The number of benzene rings is 1. The second kappa shape index (κ2) is 6.63. The Labute approximate surface area is 144 Å². The predicted octanol–water partition coefficient (Wildman–Crippen LogP) is 4.13. The molecular formula is C18H21F3N2O2. The number of halogens is 3. The molecule has 2 rings (SSSR count). The Hall–Kier alpha value is -2.15. The maximum absolute atomic E-state index is 13.1. The summed E-state index contributed by atoms with van der Waals surface area (Å²) in [6.45, 7) is 4.06. The van der Waals surface area contributed by atoms with Crippen LogP contribution in [0.25, 0.3) is 11.4 Å². The highest BCUT2D eigenvalue weighted by atomic mass is 19.4. The fourth-order valence-electron chi connectivity index (χ4n) is 2.88. The first-order valence-corrected chi connectivity index (χ1v) is 7.73. The Bertz CT molecular complexity index is 729. The molecule has 25 heavy (non-hydrogen) atoms. The van der Waals surface area contributed by atoms with Gasteiger partial charge in [-0.3, -0.25) is 0 Å². The van der Waals surface area contributed by atoms with Crippen LogP contribution < -0.4 is 4.74 Å². The first kappa shape index (κ1) is 19.2. The van der Waals surface area contributed by atoms with E-state index in [2.05, 4.69) is 9.97 Å². The van der Waals surface area contributed by atoms with E-state index in [-0.39, 0.29) is 0 Å². The largest absolute Gasteiger partial charge is 0.496 e. The third kappa shape index (κ3) is 4.10. The van der Waals surface area contributed by atoms with Crippen molar-refractivity contribution in [3.63, 3.8) is 0 Å². The molecule has 2 aromatic rings. The van der Waals surface area contributed by atoms with E-state index < -0.39 is 23.6 Å². The highest BCUT2D eigenvalue weighted by Crippen LogP contribution is 2.44. The van der Waals surface area contributed by atoms with Gasteiger partial charge < -0.3 is 9.84 Å². The lowest BCUT2D eigenvalue weighted by Gasteiger charge is -2.36. The molecule has 0 bridgehead atoms. The number of rotatable bonds is 5. The summed E-state index contributed by atoms with van der Waals surface area (Å²) in [7, 11) is 1.45. The number of methoxy groups -OCH3 is 1. The number of nitrogens with zero attached hydrogens (tertiary/aromatic N) is 2. The smallest absolute Gasteiger partial charge is 0.416 e. The van der Waals surface area contributed by atoms with Gasteiger partial charge in [0.1, 0.15) is 5.75 Å². The molecule has 1 aromatic heterocycles. The Morgan fingerprint density at radius 3 is 2.20 bits per heavy atom. The third-order valence-electron chi connectivity index (χ3n) is 4.15. The van der Waals surface area contributed by atoms with Crippen molar-refractivity contribution in [1.82, 2.24) is 9.97 Å². The summed E-state index contributed by atoms with van der Waals surface area (Å²) in [6, 6.07) is 6.81. The van der Waals surface area contributed by atoms with Gasteiger partial charge in [0, 0.05) is 23.5 Å². The van der Waals surface area contributed by atoms with Crippen LogP contribution in [0.4, 0.5) is 13.2 Å². The number of ether oxygens (including phenoxy) is 1. The molecule has 0 fully saturated rings. The quantitative estimate of drug-likeness (QED) is 0.877. The van der Waals surface area contributed by atoms with Gasteiger partial charge in [-0.2, -0.15) is 13.2 Å². The summed E-state index contributed by atoms with van der Waals surface area (Å²) in [5.74, 6) is 0.910. The van der Waals surface area contributed by atoms with Gasteiger partial charge >= 0.3 is 6.18 Å². The molecule has 0 saturated heterocycles. The normalized spacial score (nSPS) is 14.9. The lowest BCUT2D eigenvalue weighted by molar-refractivity contribution is -0.259. The number of alkyl halides is 3. The average molecular weight is 354 g/mol. The first-order chi connectivity index (χ1) is 11.5. The highest BCUT2D eigenvalue weighted by molar-refractivity contribution is 5.59. The van der Waals surface area contributed by atoms with E-state index in [1.54, 1.807) is 50.5 Å². The van der Waals surface area contributed by atoms with Crippen LogP contribution in [0, 0.1) is 0 Å². The van der Waals surface area contributed by atoms with Crippen molar-refractivity contribution < 1.29 is 23.0 Å². The second-order valence-corrected chi connectivity index (χ2v) is 6.82. The van der Waals surface area contributed by atoms with Crippen LogP contribution in [-0.2, 0) is 5.41 Å². The topological polar surface area (TPSA) is 55.2 Å². The SMILES string of the molecule is COc1ccc(-c2ncccn2)cc1C(C)(C)CC(C)(O)C(F)(F)F. The highest BCUT2D eigenvalue weighted by Gasteiger charge is 2.52. The molecule has 0 spiro atoms. The van der Waals surface area contributed by atoms with Crippen molar-refractivity contribution in [2.75, 3.05) is 7.11 Å². The molecule has 1 N–H and O–H groups in total. The van der Waals surface area contributed by atoms with Crippen molar-refractivity contribution in [1.29, 1.82) is 0 Å². The molecule has 0 radical (unpaired) electrons. The molecule has 4 nitrogen and oxygen atoms in total. The van der Waals surface area contributed by atoms with Crippen molar-refractivity contribution in [2.24, 2.45) is 0 Å². The summed E-state index contributed by atoms with van der Waals surface area (Å²) >= 11 is 0. The minimum Gasteiger partial charge on any atom is -0.496 e. The summed E-state index contributed by atoms with van der Waals surface area (Å²) < 4.78 is 44.6. The Morgan fingerprint density at radius 1 is 1.08 bits per heavy atom. The van der Waals surface area contributed by atoms with Crippen LogP contribution in [0.3, 0.4) is 0 Å². The standard InChI is InChI=1S/C18H21F3N2O2/c1-16(2,11-17(3,24)18(19,20)21)13-10-12(6-7-14(13)25-4)15-22-8-5-9-23-15/h5-10,24H,11H2,1-4H3. The van der Waals surface area contributed by atoms with E-state index in [0.717, 1.165) is 6.92 Å². The van der Waals surface area contributed by atoms with Crippen molar-refractivity contribution in [2.45, 2.75) is 44.4 Å². The van der Waals surface area contributed by atoms with E-state index in [4.69, 9.17) is 4.74 Å². The van der Waals surface area contributed by atoms with E-state index in [9.17, 15) is 18.3 Å². The fourth-order valence-corrected chi connectivity index (χ4v) is 2.88. The van der Waals surface area contributed by atoms with E-state index >= 15 is 0 Å². The van der Waals surface area contributed by atoms with E-state index in [0.29, 0.717) is 22.7 Å². The molecule has 1 atom stereocenters. The summed E-state index contributed by atoms with van der Waals surface area (Å²) in [4.78, 5) is 8.32. The molecule has 136 valence electrons. The number of hydrogen-bond donors (Lipinski definition) is 1. The van der Waals surface area contributed by atoms with Gasteiger partial charge in [0.05, 0.1) is 7.11 Å². The molecule has 0 aliphatic rings. The van der Waals surface area contributed by atoms with Crippen LogP contribution in [0.1, 0.15) is 32.8 Å². The van der Waals surface area contributed by atoms with Crippen molar-refractivity contribution >= 4 is 0 Å². The lowest BCUT2D eigenvalue weighted by atomic mass is 9.74. The van der Waals surface area contributed by atoms with E-state index in [1.165, 1.54) is 7.11 Å². The zero-order chi connectivity index (χ0) is 18.9. The van der Waals surface area contributed by atoms with Crippen LogP contribution in [-0.4, -0.2) is 34.0 Å². The van der Waals surface area contributed by atoms with Gasteiger partial charge in [-0.25, -0.2) is 9.97 Å². The molecular weight excluding hydrogens is 333 g/mol. The van der Waals surface area contributed by atoms with Gasteiger partial charge in [0.2, 0.25) is 0 Å². The Balaban J connectivity index is 2.48. The fraction of sp³-hybridized carbons (Fsp3) is 0.444. The number of hydrogen-bond acceptors (Lipinski definition) is 4. The Morgan fingerprint density at radius 2 is 1.68 bits per heavy atom. The van der Waals surface area contributed by atoms with Gasteiger partial charge in [0.25, 0.3) is 0 Å². The van der Waals surface area contributed by atoms with Crippen molar-refractivity contribution in [3.8, 4) is 17.1 Å². The van der Waals surface area contributed by atoms with Gasteiger partial charge in [-0.1, -0.05) is 13.8 Å². The molecule has 1 heterocycles. The molecule has 1 unspecified atom stereocenters. The molecule has 0 amide bonds. The minimum absolute atomic E-state index is 0.447. The van der Waals surface area contributed by atoms with Gasteiger partial charge in [0.15, 0.2) is 11.4 Å². The summed E-state index contributed by atoms with van der Waals surface area (Å²) in [5, 5.41) is 9.91. The second-order valence-electron chi connectivity index (χ2n) is 6.82. The van der Waals surface area contributed by atoms with E-state index in [1.807, 2.05) is 0 Å². The van der Waals surface area contributed by atoms with Crippen LogP contribution >= 0.6 is 0 Å². The summed E-state index contributed by atoms with van der Waals surface area (Å²) in [5.41, 5.74) is -2.61. The van der Waals surface area contributed by atoms with Crippen LogP contribution in [0.15, 0.2) is 36.7 Å². The third-order valence-corrected chi connectivity index (χ3v) is 4.15. The number of aliphatic hydroxyl groups is 1. The lowest BCUT2D eigenvalue weighted by Crippen LogP contribution is -2.46. The first-order valence-electron chi connectivity index (χ1n) is 7.73. The summed E-state index contributed by atoms with van der Waals surface area (Å²) in [6.07, 6.45) is -2.06. The van der Waals surface area contributed by atoms with Crippen LogP contribution in [0.2, 0.25) is 0 Å². The van der Waals surface area contributed by atoms with Gasteiger partial charge in [-0.15, -0.1) is 0 Å². The molecule has 0 saturated carbocycles. The molecule has 1 aromatic carbocycles. The van der Waals surface area contributed by atoms with Crippen LogP contribution in [0.5, 0.6) is 5.75 Å².